The summed E-state index contributed by atoms with van der Waals surface area (Å²) in [5.74, 6) is -3.32. The fourth-order valence-corrected chi connectivity index (χ4v) is 2.72. The molecule has 3 N–H and O–H groups in total. The van der Waals surface area contributed by atoms with Gasteiger partial charge in [-0.15, -0.1) is 0 Å². The van der Waals surface area contributed by atoms with Gasteiger partial charge in [-0.1, -0.05) is 47.0 Å². The van der Waals surface area contributed by atoms with Crippen molar-refractivity contribution in [3.63, 3.8) is 0 Å². The molecule has 0 atom stereocenters. The minimum atomic E-state index is -2.51. The monoisotopic (exact) mass is 352 g/mol. The molecular weight excluding hydrogens is 312 g/mol. The SMILES string of the molecule is CCC(CC)(CC)CC(O)(O)O.CCOC(CC)(OCC)OCC. The molecule has 0 aromatic heterocycles. The molecule has 6 heteroatoms. The van der Waals surface area contributed by atoms with Gasteiger partial charge in [0.1, 0.15) is 0 Å². The van der Waals surface area contributed by atoms with E-state index < -0.39 is 11.9 Å². The second-order valence-corrected chi connectivity index (χ2v) is 5.85. The fraction of sp³-hybridized carbons (Fsp3) is 1.00. The summed E-state index contributed by atoms with van der Waals surface area (Å²) in [5, 5.41) is 26.6. The van der Waals surface area contributed by atoms with Gasteiger partial charge in [0.2, 0.25) is 0 Å². The van der Waals surface area contributed by atoms with Crippen LogP contribution in [-0.4, -0.2) is 47.1 Å². The number of aliphatic hydroxyl groups is 3. The lowest BCUT2D eigenvalue weighted by atomic mass is 9.76. The summed E-state index contributed by atoms with van der Waals surface area (Å²) in [6.45, 7) is 15.6. The lowest BCUT2D eigenvalue weighted by Crippen LogP contribution is -2.38. The van der Waals surface area contributed by atoms with Gasteiger partial charge in [-0.2, -0.15) is 0 Å². The molecule has 0 aliphatic rings. The van der Waals surface area contributed by atoms with E-state index in [1.165, 1.54) is 0 Å². The van der Waals surface area contributed by atoms with Gasteiger partial charge in [0.25, 0.3) is 11.9 Å². The Labute approximate surface area is 148 Å². The first-order valence-corrected chi connectivity index (χ1v) is 9.22. The van der Waals surface area contributed by atoms with E-state index in [2.05, 4.69) is 0 Å². The molecule has 0 saturated heterocycles. The van der Waals surface area contributed by atoms with Crippen molar-refractivity contribution in [1.29, 1.82) is 0 Å². The highest BCUT2D eigenvalue weighted by Crippen LogP contribution is 2.37. The van der Waals surface area contributed by atoms with Crippen LogP contribution < -0.4 is 0 Å². The maximum absolute atomic E-state index is 8.86. The fourth-order valence-electron chi connectivity index (χ4n) is 2.72. The van der Waals surface area contributed by atoms with Crippen molar-refractivity contribution >= 4 is 0 Å². The van der Waals surface area contributed by atoms with Crippen LogP contribution in [0, 0.1) is 5.41 Å². The highest BCUT2D eigenvalue weighted by atomic mass is 16.9. The van der Waals surface area contributed by atoms with Crippen LogP contribution in [0.1, 0.15) is 80.6 Å². The van der Waals surface area contributed by atoms with Crippen LogP contribution >= 0.6 is 0 Å². The summed E-state index contributed by atoms with van der Waals surface area (Å²) in [6.07, 6.45) is 3.29. The van der Waals surface area contributed by atoms with E-state index >= 15 is 0 Å². The van der Waals surface area contributed by atoms with Crippen molar-refractivity contribution in [2.75, 3.05) is 19.8 Å². The van der Waals surface area contributed by atoms with Gasteiger partial charge < -0.3 is 29.5 Å². The van der Waals surface area contributed by atoms with Gasteiger partial charge >= 0.3 is 0 Å². The van der Waals surface area contributed by atoms with Gasteiger partial charge in [0.15, 0.2) is 0 Å². The van der Waals surface area contributed by atoms with Crippen molar-refractivity contribution in [2.45, 2.75) is 92.5 Å². The first kappa shape index (κ1) is 26.0. The van der Waals surface area contributed by atoms with Gasteiger partial charge in [-0.25, -0.2) is 0 Å². The van der Waals surface area contributed by atoms with Crippen LogP contribution in [0.3, 0.4) is 0 Å². The van der Waals surface area contributed by atoms with Crippen LogP contribution in [0.25, 0.3) is 0 Å². The van der Waals surface area contributed by atoms with E-state index in [9.17, 15) is 0 Å². The first-order valence-electron chi connectivity index (χ1n) is 9.22. The first-order chi connectivity index (χ1) is 11.1. The number of ether oxygens (including phenoxy) is 3. The summed E-state index contributed by atoms with van der Waals surface area (Å²) in [5.41, 5.74) is -0.141. The Morgan fingerprint density at radius 2 is 0.917 bits per heavy atom. The number of hydrogen-bond acceptors (Lipinski definition) is 6. The van der Waals surface area contributed by atoms with E-state index in [1.807, 2.05) is 48.5 Å². The van der Waals surface area contributed by atoms with E-state index in [0.717, 1.165) is 19.3 Å². The summed E-state index contributed by atoms with van der Waals surface area (Å²) in [7, 11) is 0. The topological polar surface area (TPSA) is 88.4 Å². The smallest absolute Gasteiger partial charge is 0.282 e. The molecule has 148 valence electrons. The van der Waals surface area contributed by atoms with Crippen molar-refractivity contribution in [2.24, 2.45) is 5.41 Å². The van der Waals surface area contributed by atoms with Crippen LogP contribution in [0.2, 0.25) is 0 Å². The average Bonchev–Trinajstić information content (AvgIpc) is 2.53. The summed E-state index contributed by atoms with van der Waals surface area (Å²) in [6, 6.07) is 0. The second kappa shape index (κ2) is 13.0. The highest BCUT2D eigenvalue weighted by molar-refractivity contribution is 4.77. The molecule has 0 radical (unpaired) electrons. The van der Waals surface area contributed by atoms with Crippen molar-refractivity contribution in [3.05, 3.63) is 0 Å². The quantitative estimate of drug-likeness (QED) is 0.467. The molecule has 0 spiro atoms. The summed E-state index contributed by atoms with van der Waals surface area (Å²) >= 11 is 0. The number of rotatable bonds is 12. The van der Waals surface area contributed by atoms with E-state index in [-0.39, 0.29) is 11.8 Å². The van der Waals surface area contributed by atoms with Crippen LogP contribution in [0.15, 0.2) is 0 Å². The Bertz CT molecular complexity index is 255. The molecule has 0 aliphatic carbocycles. The van der Waals surface area contributed by atoms with Gasteiger partial charge in [0.05, 0.1) is 0 Å². The maximum atomic E-state index is 8.86. The van der Waals surface area contributed by atoms with E-state index in [0.29, 0.717) is 26.2 Å². The Hall–Kier alpha value is -0.240. The Morgan fingerprint density at radius 1 is 0.583 bits per heavy atom. The van der Waals surface area contributed by atoms with Gasteiger partial charge in [0, 0.05) is 32.7 Å². The minimum Gasteiger partial charge on any atom is -0.344 e. The molecular formula is C18H40O6. The predicted octanol–water partition coefficient (Wildman–Crippen LogP) is 3.38. The molecule has 0 rings (SSSR count). The molecule has 0 aliphatic heterocycles. The van der Waals surface area contributed by atoms with Crippen LogP contribution in [0.5, 0.6) is 0 Å². The maximum Gasteiger partial charge on any atom is 0.282 e. The predicted molar refractivity (Wildman–Crippen MR) is 95.2 cm³/mol. The molecule has 0 amide bonds. The third-order valence-corrected chi connectivity index (χ3v) is 4.39. The van der Waals surface area contributed by atoms with Crippen molar-refractivity contribution in [1.82, 2.24) is 0 Å². The molecule has 24 heavy (non-hydrogen) atoms. The summed E-state index contributed by atoms with van der Waals surface area (Å²) in [4.78, 5) is 0. The third-order valence-electron chi connectivity index (χ3n) is 4.39. The van der Waals surface area contributed by atoms with Crippen LogP contribution in [-0.2, 0) is 14.2 Å². The normalized spacial score (nSPS) is 12.8. The zero-order valence-corrected chi connectivity index (χ0v) is 16.7. The zero-order chi connectivity index (χ0) is 19.3. The summed E-state index contributed by atoms with van der Waals surface area (Å²) < 4.78 is 16.2. The molecule has 0 unspecified atom stereocenters. The molecule has 0 bridgehead atoms. The largest absolute Gasteiger partial charge is 0.344 e. The zero-order valence-electron chi connectivity index (χ0n) is 16.7. The molecule has 0 fully saturated rings. The van der Waals surface area contributed by atoms with Crippen LogP contribution in [0.4, 0.5) is 0 Å². The molecule has 0 heterocycles. The molecule has 0 aromatic rings. The average molecular weight is 353 g/mol. The Kier molecular flexibility index (Phi) is 14.1. The third kappa shape index (κ3) is 10.6. The highest BCUT2D eigenvalue weighted by Gasteiger charge is 2.34. The molecule has 6 nitrogen and oxygen atoms in total. The minimum absolute atomic E-state index is 0.0312. The van der Waals surface area contributed by atoms with Gasteiger partial charge in [-0.3, -0.25) is 0 Å². The second-order valence-electron chi connectivity index (χ2n) is 5.85. The molecule has 0 aromatic carbocycles. The van der Waals surface area contributed by atoms with Crippen molar-refractivity contribution < 1.29 is 29.5 Å². The number of hydrogen-bond donors (Lipinski definition) is 3. The van der Waals surface area contributed by atoms with E-state index in [4.69, 9.17) is 29.5 Å². The van der Waals surface area contributed by atoms with Crippen molar-refractivity contribution in [3.8, 4) is 0 Å². The standard InChI is InChI=1S/2C9H20O3/c1-5-9(10-6-2,11-7-3)12-8-4;1-4-8(5-2,6-3)7-9(10,11)12/h5-8H2,1-4H3;10-12H,4-7H2,1-3H3. The lowest BCUT2D eigenvalue weighted by Gasteiger charge is -2.33. The lowest BCUT2D eigenvalue weighted by molar-refractivity contribution is -0.377. The van der Waals surface area contributed by atoms with E-state index in [1.54, 1.807) is 0 Å². The van der Waals surface area contributed by atoms with Gasteiger partial charge in [-0.05, 0) is 26.2 Å². The molecule has 0 saturated carbocycles. The Morgan fingerprint density at radius 3 is 1.04 bits per heavy atom. The Balaban J connectivity index is 0.